The molecule has 0 saturated carbocycles. The van der Waals surface area contributed by atoms with Crippen molar-refractivity contribution in [3.63, 3.8) is 0 Å². The van der Waals surface area contributed by atoms with Gasteiger partial charge in [-0.25, -0.2) is 4.79 Å². The second kappa shape index (κ2) is 7.33. The van der Waals surface area contributed by atoms with Crippen molar-refractivity contribution in [2.75, 3.05) is 11.9 Å². The highest BCUT2D eigenvalue weighted by molar-refractivity contribution is 9.10. The minimum absolute atomic E-state index is 0.148. The Labute approximate surface area is 111 Å². The highest BCUT2D eigenvalue weighted by Crippen LogP contribution is 2.23. The van der Waals surface area contributed by atoms with E-state index in [0.29, 0.717) is 0 Å². The number of benzene rings is 1. The van der Waals surface area contributed by atoms with Crippen LogP contribution in [0.4, 0.5) is 10.5 Å². The molecule has 0 bridgehead atoms. The Balaban J connectivity index is 2.40. The molecule has 17 heavy (non-hydrogen) atoms. The van der Waals surface area contributed by atoms with Gasteiger partial charge >= 0.3 is 6.03 Å². The number of hydrogen-bond donors (Lipinski definition) is 2. The van der Waals surface area contributed by atoms with Crippen LogP contribution in [0.15, 0.2) is 22.7 Å². The van der Waals surface area contributed by atoms with Crippen LogP contribution in [-0.4, -0.2) is 12.6 Å². The van der Waals surface area contributed by atoms with Gasteiger partial charge in [0.1, 0.15) is 0 Å². The molecule has 0 radical (unpaired) electrons. The van der Waals surface area contributed by atoms with E-state index in [1.54, 1.807) is 0 Å². The van der Waals surface area contributed by atoms with Crippen molar-refractivity contribution in [3.05, 3.63) is 28.2 Å². The molecule has 0 aromatic heterocycles. The molecule has 0 heterocycles. The van der Waals surface area contributed by atoms with Gasteiger partial charge in [0.25, 0.3) is 0 Å². The number of carbonyl (C=O) groups excluding carboxylic acids is 1. The molecule has 0 unspecified atom stereocenters. The largest absolute Gasteiger partial charge is 0.338 e. The lowest BCUT2D eigenvalue weighted by Gasteiger charge is -2.09. The summed E-state index contributed by atoms with van der Waals surface area (Å²) in [7, 11) is 0. The van der Waals surface area contributed by atoms with Gasteiger partial charge in [0, 0.05) is 11.0 Å². The molecule has 0 aliphatic carbocycles. The summed E-state index contributed by atoms with van der Waals surface area (Å²) in [5.74, 6) is 0. The number of rotatable bonds is 5. The molecular formula is C13H19BrN2O. The lowest BCUT2D eigenvalue weighted by molar-refractivity contribution is 0.252. The topological polar surface area (TPSA) is 41.1 Å². The summed E-state index contributed by atoms with van der Waals surface area (Å²) >= 11 is 3.43. The van der Waals surface area contributed by atoms with Crippen molar-refractivity contribution in [2.24, 2.45) is 0 Å². The molecule has 4 heteroatoms. The van der Waals surface area contributed by atoms with Crippen LogP contribution in [0.1, 0.15) is 31.7 Å². The van der Waals surface area contributed by atoms with E-state index in [4.69, 9.17) is 0 Å². The number of urea groups is 1. The fraction of sp³-hybridized carbons (Fsp3) is 0.462. The first-order valence-electron chi connectivity index (χ1n) is 5.94. The van der Waals surface area contributed by atoms with Gasteiger partial charge in [-0.1, -0.05) is 25.8 Å². The van der Waals surface area contributed by atoms with Gasteiger partial charge in [-0.3, -0.25) is 0 Å². The third-order valence-electron chi connectivity index (χ3n) is 2.44. The molecule has 1 aromatic rings. The van der Waals surface area contributed by atoms with E-state index >= 15 is 0 Å². The highest BCUT2D eigenvalue weighted by Gasteiger charge is 2.04. The first-order valence-corrected chi connectivity index (χ1v) is 6.73. The zero-order valence-electron chi connectivity index (χ0n) is 10.3. The predicted molar refractivity (Wildman–Crippen MR) is 75.4 cm³/mol. The Hall–Kier alpha value is -1.03. The Morgan fingerprint density at radius 3 is 2.76 bits per heavy atom. The minimum atomic E-state index is -0.148. The summed E-state index contributed by atoms with van der Waals surface area (Å²) in [5, 5.41) is 5.65. The van der Waals surface area contributed by atoms with Crippen LogP contribution in [0.5, 0.6) is 0 Å². The summed E-state index contributed by atoms with van der Waals surface area (Å²) in [6.07, 6.45) is 3.33. The van der Waals surface area contributed by atoms with E-state index in [1.807, 2.05) is 25.1 Å². The Kier molecular flexibility index (Phi) is 6.05. The lowest BCUT2D eigenvalue weighted by Crippen LogP contribution is -2.29. The van der Waals surface area contributed by atoms with E-state index in [1.165, 1.54) is 0 Å². The fourth-order valence-electron chi connectivity index (χ4n) is 1.46. The molecule has 1 aromatic carbocycles. The molecule has 3 nitrogen and oxygen atoms in total. The number of halogens is 1. The van der Waals surface area contributed by atoms with Crippen molar-refractivity contribution in [3.8, 4) is 0 Å². The second-order valence-corrected chi connectivity index (χ2v) is 4.93. The first-order chi connectivity index (χ1) is 8.13. The molecule has 0 saturated heterocycles. The molecule has 0 aliphatic heterocycles. The smallest absolute Gasteiger partial charge is 0.319 e. The quantitative estimate of drug-likeness (QED) is 0.791. The molecule has 94 valence electrons. The minimum Gasteiger partial charge on any atom is -0.338 e. The number of nitrogens with one attached hydrogen (secondary N) is 2. The molecule has 1 rings (SSSR count). The van der Waals surface area contributed by atoms with Crippen molar-refractivity contribution >= 4 is 27.6 Å². The zero-order valence-corrected chi connectivity index (χ0v) is 11.9. The van der Waals surface area contributed by atoms with Gasteiger partial charge in [-0.2, -0.15) is 0 Å². The highest BCUT2D eigenvalue weighted by atomic mass is 79.9. The van der Waals surface area contributed by atoms with Crippen molar-refractivity contribution < 1.29 is 4.79 Å². The molecule has 0 spiro atoms. The number of amides is 2. The number of anilines is 1. The molecular weight excluding hydrogens is 280 g/mol. The van der Waals surface area contributed by atoms with Crippen LogP contribution in [0.25, 0.3) is 0 Å². The van der Waals surface area contributed by atoms with Crippen molar-refractivity contribution in [1.29, 1.82) is 0 Å². The second-order valence-electron chi connectivity index (χ2n) is 4.07. The average molecular weight is 299 g/mol. The number of carbonyl (C=O) groups is 1. The third kappa shape index (κ3) is 5.22. The van der Waals surface area contributed by atoms with E-state index in [0.717, 1.165) is 41.5 Å². The standard InChI is InChI=1S/C13H19BrN2O/c1-3-4-5-8-15-13(17)16-12-7-6-10(2)9-11(12)14/h6-7,9H,3-5,8H2,1-2H3,(H2,15,16,17). The summed E-state index contributed by atoms with van der Waals surface area (Å²) in [6.45, 7) is 4.88. The van der Waals surface area contributed by atoms with E-state index in [2.05, 4.69) is 33.5 Å². The van der Waals surface area contributed by atoms with Crippen LogP contribution in [-0.2, 0) is 0 Å². The van der Waals surface area contributed by atoms with Gasteiger partial charge in [-0.05, 0) is 47.0 Å². The van der Waals surface area contributed by atoms with Gasteiger partial charge < -0.3 is 10.6 Å². The summed E-state index contributed by atoms with van der Waals surface area (Å²) in [4.78, 5) is 11.6. The summed E-state index contributed by atoms with van der Waals surface area (Å²) in [6, 6.07) is 5.69. The van der Waals surface area contributed by atoms with Crippen LogP contribution >= 0.6 is 15.9 Å². The Morgan fingerprint density at radius 1 is 1.35 bits per heavy atom. The number of aryl methyl sites for hydroxylation is 1. The van der Waals surface area contributed by atoms with Crippen LogP contribution in [0.2, 0.25) is 0 Å². The fourth-order valence-corrected chi connectivity index (χ4v) is 2.06. The SMILES string of the molecule is CCCCCNC(=O)Nc1ccc(C)cc1Br. The molecule has 2 amide bonds. The summed E-state index contributed by atoms with van der Waals surface area (Å²) < 4.78 is 0.904. The van der Waals surface area contributed by atoms with Crippen molar-refractivity contribution in [1.82, 2.24) is 5.32 Å². The van der Waals surface area contributed by atoms with Crippen LogP contribution in [0, 0.1) is 6.92 Å². The lowest BCUT2D eigenvalue weighted by atomic mass is 10.2. The van der Waals surface area contributed by atoms with Gasteiger partial charge in [0.05, 0.1) is 5.69 Å². The third-order valence-corrected chi connectivity index (χ3v) is 3.09. The maximum absolute atomic E-state index is 11.6. The van der Waals surface area contributed by atoms with Crippen LogP contribution < -0.4 is 10.6 Å². The Morgan fingerprint density at radius 2 is 2.12 bits per heavy atom. The maximum Gasteiger partial charge on any atom is 0.319 e. The molecule has 0 atom stereocenters. The molecule has 0 aliphatic rings. The number of hydrogen-bond acceptors (Lipinski definition) is 1. The van der Waals surface area contributed by atoms with Crippen LogP contribution in [0.3, 0.4) is 0 Å². The molecule has 2 N–H and O–H groups in total. The van der Waals surface area contributed by atoms with Gasteiger partial charge in [0.15, 0.2) is 0 Å². The summed E-state index contributed by atoms with van der Waals surface area (Å²) in [5.41, 5.74) is 1.95. The van der Waals surface area contributed by atoms with Gasteiger partial charge in [0.2, 0.25) is 0 Å². The predicted octanol–water partition coefficient (Wildman–Crippen LogP) is 4.07. The number of unbranched alkanes of at least 4 members (excludes halogenated alkanes) is 2. The Bertz CT molecular complexity index is 380. The van der Waals surface area contributed by atoms with Crippen molar-refractivity contribution in [2.45, 2.75) is 33.1 Å². The van der Waals surface area contributed by atoms with E-state index in [9.17, 15) is 4.79 Å². The average Bonchev–Trinajstić information content (AvgIpc) is 2.28. The monoisotopic (exact) mass is 298 g/mol. The zero-order chi connectivity index (χ0) is 12.7. The van der Waals surface area contributed by atoms with Gasteiger partial charge in [-0.15, -0.1) is 0 Å². The first kappa shape index (κ1) is 14.0. The van der Waals surface area contributed by atoms with E-state index < -0.39 is 0 Å². The maximum atomic E-state index is 11.6. The molecule has 0 fully saturated rings. The van der Waals surface area contributed by atoms with E-state index in [-0.39, 0.29) is 6.03 Å². The normalized spacial score (nSPS) is 10.1.